The van der Waals surface area contributed by atoms with Crippen molar-refractivity contribution in [3.05, 3.63) is 229 Å². The lowest BCUT2D eigenvalue weighted by molar-refractivity contribution is 0.666. The molecule has 4 heteroatoms. The van der Waals surface area contributed by atoms with Crippen LogP contribution < -0.4 is 0 Å². The van der Waals surface area contributed by atoms with Gasteiger partial charge in [-0.3, -0.25) is 0 Å². The molecule has 306 valence electrons. The molecule has 10 aromatic carbocycles. The van der Waals surface area contributed by atoms with Crippen molar-refractivity contribution in [2.24, 2.45) is 15.9 Å². The van der Waals surface area contributed by atoms with Crippen LogP contribution in [0.25, 0.3) is 98.6 Å². The van der Waals surface area contributed by atoms with E-state index in [2.05, 4.69) is 218 Å². The van der Waals surface area contributed by atoms with Crippen LogP contribution in [-0.2, 0) is 0 Å². The minimum Gasteiger partial charge on any atom is -0.454 e. The van der Waals surface area contributed by atoms with E-state index < -0.39 is 0 Å². The molecule has 4 nitrogen and oxygen atoms in total. The number of furan rings is 1. The molecule has 2 aromatic heterocycles. The minimum absolute atomic E-state index is 0.108. The molecule has 0 saturated heterocycles. The number of aromatic nitrogens is 1. The second kappa shape index (κ2) is 14.9. The Kier molecular flexibility index (Phi) is 8.53. The normalized spacial score (nSPS) is 17.0. The molecule has 0 N–H and O–H groups in total. The molecule has 13 rings (SSSR count). The Hall–Kier alpha value is -8.34. The molecule has 1 atom stereocenters. The maximum Gasteiger partial charge on any atom is 0.160 e. The lowest BCUT2D eigenvalue weighted by Crippen LogP contribution is -2.17. The summed E-state index contributed by atoms with van der Waals surface area (Å²) in [5.41, 5.74) is 12.2. The van der Waals surface area contributed by atoms with E-state index in [9.17, 15) is 0 Å². The Morgan fingerprint density at radius 1 is 0.462 bits per heavy atom. The van der Waals surface area contributed by atoms with E-state index in [4.69, 9.17) is 14.4 Å². The summed E-state index contributed by atoms with van der Waals surface area (Å²) < 4.78 is 9.48. The first kappa shape index (κ1) is 37.2. The summed E-state index contributed by atoms with van der Waals surface area (Å²) in [6, 6.07) is 74.0. The molecular formula is C61H41N3O. The second-order valence-corrected chi connectivity index (χ2v) is 17.4. The molecule has 0 amide bonds. The Morgan fingerprint density at radius 3 is 1.71 bits per heavy atom. The molecule has 0 bridgehead atoms. The van der Waals surface area contributed by atoms with Gasteiger partial charge in [-0.15, -0.1) is 0 Å². The van der Waals surface area contributed by atoms with Crippen LogP contribution in [0.3, 0.4) is 0 Å². The summed E-state index contributed by atoms with van der Waals surface area (Å²) >= 11 is 0. The average molecular weight is 832 g/mol. The maximum absolute atomic E-state index is 7.08. The van der Waals surface area contributed by atoms with E-state index in [0.29, 0.717) is 5.84 Å². The highest BCUT2D eigenvalue weighted by molar-refractivity contribution is 6.25. The summed E-state index contributed by atoms with van der Waals surface area (Å²) in [6.07, 6.45) is 3.09. The highest BCUT2D eigenvalue weighted by atomic mass is 16.3. The largest absolute Gasteiger partial charge is 0.454 e. The number of nitrogens with zero attached hydrogens (tertiary/aromatic N) is 3. The van der Waals surface area contributed by atoms with Gasteiger partial charge in [0.1, 0.15) is 5.58 Å². The van der Waals surface area contributed by atoms with Crippen molar-refractivity contribution in [3.63, 3.8) is 0 Å². The fraction of sp³-hybridized carbons (Fsp3) is 0.0492. The van der Waals surface area contributed by atoms with Gasteiger partial charge in [-0.25, -0.2) is 9.98 Å². The van der Waals surface area contributed by atoms with E-state index in [1.165, 1.54) is 54.2 Å². The van der Waals surface area contributed by atoms with Gasteiger partial charge in [0.25, 0.3) is 0 Å². The highest BCUT2D eigenvalue weighted by Gasteiger charge is 2.25. The van der Waals surface area contributed by atoms with Crippen molar-refractivity contribution < 1.29 is 4.42 Å². The summed E-state index contributed by atoms with van der Waals surface area (Å²) in [5.74, 6) is 0.761. The van der Waals surface area contributed by atoms with E-state index >= 15 is 0 Å². The summed E-state index contributed by atoms with van der Waals surface area (Å²) in [7, 11) is 0. The smallest absolute Gasteiger partial charge is 0.160 e. The van der Waals surface area contributed by atoms with Gasteiger partial charge in [0.2, 0.25) is 0 Å². The van der Waals surface area contributed by atoms with Gasteiger partial charge in [-0.05, 0) is 104 Å². The molecule has 1 unspecified atom stereocenters. The predicted octanol–water partition coefficient (Wildman–Crippen LogP) is 16.1. The van der Waals surface area contributed by atoms with E-state index in [1.54, 1.807) is 0 Å². The molecule has 65 heavy (non-hydrogen) atoms. The highest BCUT2D eigenvalue weighted by Crippen LogP contribution is 2.42. The van der Waals surface area contributed by atoms with Crippen LogP contribution >= 0.6 is 0 Å². The molecule has 12 aromatic rings. The molecule has 0 radical (unpaired) electrons. The first-order valence-corrected chi connectivity index (χ1v) is 22.4. The van der Waals surface area contributed by atoms with E-state index in [-0.39, 0.29) is 5.92 Å². The van der Waals surface area contributed by atoms with Crippen LogP contribution in [0.1, 0.15) is 30.0 Å². The Morgan fingerprint density at radius 2 is 1.02 bits per heavy atom. The van der Waals surface area contributed by atoms with Gasteiger partial charge in [0.05, 0.1) is 28.1 Å². The zero-order chi connectivity index (χ0) is 43.0. The third-order valence-electron chi connectivity index (χ3n) is 13.4. The standard InChI is InChI=1S/C61H41N3O/c1-38-23-31-53(48-29-26-40-15-5-6-16-43(40)33-48)62-61(63-59(38)42-27-24-41(25-28-42)39-13-3-2-4-14-39)50-30-32-54(60-58(50)49-21-11-12-22-57(49)65-60)64-55-36-46-19-9-7-17-44(46)34-51(55)52-35-45-18-8-10-20-47(45)37-56(52)64/h2-22,24-38H,23H2,1H3/b53-31+,62-61-,63-59+. The monoisotopic (exact) mass is 831 g/mol. The van der Waals surface area contributed by atoms with Crippen molar-refractivity contribution in [2.45, 2.75) is 13.3 Å². The van der Waals surface area contributed by atoms with Crippen LogP contribution in [0.4, 0.5) is 0 Å². The summed E-state index contributed by atoms with van der Waals surface area (Å²) in [4.78, 5) is 11.3. The van der Waals surface area contributed by atoms with E-state index in [0.717, 1.165) is 73.2 Å². The number of hydrogen-bond donors (Lipinski definition) is 0. The summed E-state index contributed by atoms with van der Waals surface area (Å²) in [5, 5.41) is 11.6. The van der Waals surface area contributed by atoms with Crippen LogP contribution in [0.5, 0.6) is 0 Å². The number of fused-ring (bicyclic) bond motifs is 9. The number of allylic oxidation sites excluding steroid dienone is 1. The SMILES string of the molecule is CC1C/C=C(c2ccc3ccccc3c2)/N=C(c2ccc(-n3c4cc5ccccc5cc4c4cc5ccccc5cc43)c3oc4ccccc4c23)\N=C/1c1ccc(-c2ccccc2)cc1. The number of amidine groups is 1. The topological polar surface area (TPSA) is 42.8 Å². The minimum atomic E-state index is 0.108. The number of aliphatic imine (C=N–C) groups is 2. The van der Waals surface area contributed by atoms with Crippen molar-refractivity contribution in [1.29, 1.82) is 0 Å². The number of rotatable bonds is 5. The lowest BCUT2D eigenvalue weighted by Gasteiger charge is -2.19. The third kappa shape index (κ3) is 6.21. The molecule has 1 aliphatic heterocycles. The Labute approximate surface area is 375 Å². The zero-order valence-corrected chi connectivity index (χ0v) is 35.7. The fourth-order valence-electron chi connectivity index (χ4n) is 10.1. The van der Waals surface area contributed by atoms with Crippen LogP contribution in [0.15, 0.2) is 227 Å². The first-order chi connectivity index (χ1) is 32.1. The molecule has 0 spiro atoms. The number of hydrogen-bond acceptors (Lipinski definition) is 3. The zero-order valence-electron chi connectivity index (χ0n) is 35.7. The molecule has 1 aliphatic rings. The van der Waals surface area contributed by atoms with Crippen LogP contribution in [0.2, 0.25) is 0 Å². The van der Waals surface area contributed by atoms with Gasteiger partial charge in [0.15, 0.2) is 11.4 Å². The second-order valence-electron chi connectivity index (χ2n) is 17.4. The lowest BCUT2D eigenvalue weighted by atomic mass is 9.92. The molecule has 0 aliphatic carbocycles. The first-order valence-electron chi connectivity index (χ1n) is 22.4. The number of para-hydroxylation sites is 1. The molecule has 0 saturated carbocycles. The molecular weight excluding hydrogens is 791 g/mol. The quantitative estimate of drug-likeness (QED) is 0.170. The summed E-state index contributed by atoms with van der Waals surface area (Å²) in [6.45, 7) is 2.28. The van der Waals surface area contributed by atoms with Gasteiger partial charge in [0, 0.05) is 38.6 Å². The predicted molar refractivity (Wildman–Crippen MR) is 274 cm³/mol. The van der Waals surface area contributed by atoms with Crippen LogP contribution in [-0.4, -0.2) is 16.1 Å². The fourth-order valence-corrected chi connectivity index (χ4v) is 10.1. The number of benzene rings is 10. The van der Waals surface area contributed by atoms with Crippen molar-refractivity contribution >= 4 is 93.3 Å². The van der Waals surface area contributed by atoms with Gasteiger partial charge >= 0.3 is 0 Å². The third-order valence-corrected chi connectivity index (χ3v) is 13.4. The van der Waals surface area contributed by atoms with E-state index in [1.807, 2.05) is 6.07 Å². The Bertz CT molecular complexity index is 3880. The molecule has 3 heterocycles. The van der Waals surface area contributed by atoms with Gasteiger partial charge in [-0.1, -0.05) is 171 Å². The van der Waals surface area contributed by atoms with Gasteiger partial charge < -0.3 is 8.98 Å². The molecule has 0 fully saturated rings. The maximum atomic E-state index is 7.08. The Balaban J connectivity index is 1.08. The van der Waals surface area contributed by atoms with Crippen molar-refractivity contribution in [2.75, 3.05) is 0 Å². The average Bonchev–Trinajstić information content (AvgIpc) is 3.89. The van der Waals surface area contributed by atoms with Crippen LogP contribution in [0, 0.1) is 5.92 Å². The van der Waals surface area contributed by atoms with Crippen molar-refractivity contribution in [1.82, 2.24) is 4.57 Å². The van der Waals surface area contributed by atoms with Gasteiger partial charge in [-0.2, -0.15) is 0 Å². The van der Waals surface area contributed by atoms with Crippen molar-refractivity contribution in [3.8, 4) is 16.8 Å².